The van der Waals surface area contributed by atoms with Gasteiger partial charge in [-0.3, -0.25) is 4.79 Å². The predicted molar refractivity (Wildman–Crippen MR) is 75.9 cm³/mol. The molecular weight excluding hydrogens is 277 g/mol. The van der Waals surface area contributed by atoms with Crippen LogP contribution in [0.15, 0.2) is 6.07 Å². The van der Waals surface area contributed by atoms with Crippen molar-refractivity contribution < 1.29 is 18.0 Å². The average Bonchev–Trinajstić information content (AvgIpc) is 2.45. The lowest BCUT2D eigenvalue weighted by molar-refractivity contribution is 0.101. The molecule has 0 radical (unpaired) electrons. The average molecular weight is 298 g/mol. The molecule has 1 aliphatic carbocycles. The van der Waals surface area contributed by atoms with E-state index in [-0.39, 0.29) is 11.5 Å². The van der Waals surface area contributed by atoms with Gasteiger partial charge in [0.05, 0.1) is 5.56 Å². The fourth-order valence-electron chi connectivity index (χ4n) is 3.39. The summed E-state index contributed by atoms with van der Waals surface area (Å²) in [5.74, 6) is -3.53. The maximum atomic E-state index is 14.1. The minimum absolute atomic E-state index is 0.174. The lowest BCUT2D eigenvalue weighted by Gasteiger charge is -2.29. The van der Waals surface area contributed by atoms with Gasteiger partial charge in [-0.05, 0) is 50.5 Å². The largest absolute Gasteiger partial charge is 0.294 e. The topological polar surface area (TPSA) is 17.1 Å². The van der Waals surface area contributed by atoms with Crippen molar-refractivity contribution in [1.82, 2.24) is 0 Å². The highest BCUT2D eigenvalue weighted by Crippen LogP contribution is 2.40. The van der Waals surface area contributed by atoms with Crippen LogP contribution in [0.2, 0.25) is 0 Å². The van der Waals surface area contributed by atoms with Crippen LogP contribution in [0, 0.1) is 23.4 Å². The molecule has 0 aromatic heterocycles. The van der Waals surface area contributed by atoms with Crippen molar-refractivity contribution in [3.8, 4) is 0 Å². The number of benzene rings is 1. The van der Waals surface area contributed by atoms with E-state index >= 15 is 0 Å². The van der Waals surface area contributed by atoms with Crippen molar-refractivity contribution in [2.75, 3.05) is 0 Å². The van der Waals surface area contributed by atoms with Crippen molar-refractivity contribution in [3.63, 3.8) is 0 Å². The summed E-state index contributed by atoms with van der Waals surface area (Å²) in [7, 11) is 0. The zero-order valence-corrected chi connectivity index (χ0v) is 12.5. The SMILES string of the molecule is CCCC1CCC(c2c(F)cc(C(C)=O)c(F)c2F)CC1. The van der Waals surface area contributed by atoms with Gasteiger partial charge >= 0.3 is 0 Å². The number of carbonyl (C=O) groups excluding carboxylic acids is 1. The smallest absolute Gasteiger partial charge is 0.170 e. The second kappa shape index (κ2) is 6.63. The minimum Gasteiger partial charge on any atom is -0.294 e. The summed E-state index contributed by atoms with van der Waals surface area (Å²) in [6.45, 7) is 3.23. The Morgan fingerprint density at radius 1 is 1.14 bits per heavy atom. The summed E-state index contributed by atoms with van der Waals surface area (Å²) in [5.41, 5.74) is -0.680. The molecule has 0 N–H and O–H groups in total. The van der Waals surface area contributed by atoms with Gasteiger partial charge in [-0.25, -0.2) is 13.2 Å². The van der Waals surface area contributed by atoms with E-state index in [2.05, 4.69) is 6.92 Å². The monoisotopic (exact) mass is 298 g/mol. The first kappa shape index (κ1) is 16.1. The van der Waals surface area contributed by atoms with Crippen molar-refractivity contribution in [2.45, 2.75) is 58.3 Å². The molecule has 1 nitrogen and oxygen atoms in total. The molecule has 1 aliphatic rings. The van der Waals surface area contributed by atoms with E-state index in [4.69, 9.17) is 0 Å². The molecule has 0 amide bonds. The van der Waals surface area contributed by atoms with Gasteiger partial charge in [0.2, 0.25) is 0 Å². The zero-order valence-electron chi connectivity index (χ0n) is 12.5. The van der Waals surface area contributed by atoms with Crippen LogP contribution in [0.3, 0.4) is 0 Å². The first-order valence-electron chi connectivity index (χ1n) is 7.64. The third kappa shape index (κ3) is 3.30. The van der Waals surface area contributed by atoms with Crippen molar-refractivity contribution in [3.05, 3.63) is 34.6 Å². The van der Waals surface area contributed by atoms with Gasteiger partial charge in [-0.1, -0.05) is 19.8 Å². The fourth-order valence-corrected chi connectivity index (χ4v) is 3.39. The van der Waals surface area contributed by atoms with E-state index in [0.717, 1.165) is 38.7 Å². The lowest BCUT2D eigenvalue weighted by atomic mass is 9.76. The van der Waals surface area contributed by atoms with E-state index in [1.54, 1.807) is 0 Å². The molecule has 0 saturated heterocycles. The molecular formula is C17H21F3O. The van der Waals surface area contributed by atoms with Crippen LogP contribution in [0.5, 0.6) is 0 Å². The molecule has 0 aliphatic heterocycles. The molecule has 0 bridgehead atoms. The number of halogens is 3. The predicted octanol–water partition coefficient (Wildman–Crippen LogP) is 5.38. The zero-order chi connectivity index (χ0) is 15.6. The summed E-state index contributed by atoms with van der Waals surface area (Å²) >= 11 is 0. The first-order valence-corrected chi connectivity index (χ1v) is 7.64. The Morgan fingerprint density at radius 2 is 1.76 bits per heavy atom. The van der Waals surface area contributed by atoms with E-state index in [1.807, 2.05) is 0 Å². The maximum absolute atomic E-state index is 14.1. The second-order valence-corrected chi connectivity index (χ2v) is 6.01. The van der Waals surface area contributed by atoms with Crippen LogP contribution >= 0.6 is 0 Å². The second-order valence-electron chi connectivity index (χ2n) is 6.01. The fraction of sp³-hybridized carbons (Fsp3) is 0.588. The number of ketones is 1. The van der Waals surface area contributed by atoms with Crippen LogP contribution in [-0.4, -0.2) is 5.78 Å². The van der Waals surface area contributed by atoms with Gasteiger partial charge in [-0.15, -0.1) is 0 Å². The third-order valence-electron chi connectivity index (χ3n) is 4.53. The lowest BCUT2D eigenvalue weighted by Crippen LogP contribution is -2.17. The Labute approximate surface area is 123 Å². The highest BCUT2D eigenvalue weighted by molar-refractivity contribution is 5.94. The first-order chi connectivity index (χ1) is 9.95. The molecule has 1 aromatic rings. The summed E-state index contributed by atoms with van der Waals surface area (Å²) in [6.07, 6.45) is 5.45. The third-order valence-corrected chi connectivity index (χ3v) is 4.53. The maximum Gasteiger partial charge on any atom is 0.170 e. The normalized spacial score (nSPS) is 22.3. The minimum atomic E-state index is -1.21. The molecule has 0 unspecified atom stereocenters. The highest BCUT2D eigenvalue weighted by atomic mass is 19.2. The molecule has 116 valence electrons. The van der Waals surface area contributed by atoms with Gasteiger partial charge in [0, 0.05) is 5.56 Å². The van der Waals surface area contributed by atoms with E-state index in [9.17, 15) is 18.0 Å². The van der Waals surface area contributed by atoms with E-state index in [0.29, 0.717) is 18.8 Å². The van der Waals surface area contributed by atoms with Gasteiger partial charge in [0.25, 0.3) is 0 Å². The van der Waals surface area contributed by atoms with Gasteiger partial charge in [0.15, 0.2) is 17.4 Å². The van der Waals surface area contributed by atoms with Crippen LogP contribution < -0.4 is 0 Å². The van der Waals surface area contributed by atoms with E-state index in [1.165, 1.54) is 0 Å². The summed E-state index contributed by atoms with van der Waals surface area (Å²) < 4.78 is 42.2. The Bertz CT molecular complexity index is 531. The highest BCUT2D eigenvalue weighted by Gasteiger charge is 2.29. The Morgan fingerprint density at radius 3 is 2.29 bits per heavy atom. The van der Waals surface area contributed by atoms with Crippen LogP contribution in [0.4, 0.5) is 13.2 Å². The van der Waals surface area contributed by atoms with Gasteiger partial charge < -0.3 is 0 Å². The number of hydrogen-bond acceptors (Lipinski definition) is 1. The molecule has 0 heterocycles. The summed E-state index contributed by atoms with van der Waals surface area (Å²) in [4.78, 5) is 11.2. The Kier molecular flexibility index (Phi) is 5.07. The molecule has 1 aromatic carbocycles. The molecule has 4 heteroatoms. The molecule has 1 fully saturated rings. The number of rotatable bonds is 4. The van der Waals surface area contributed by atoms with Crippen LogP contribution in [0.25, 0.3) is 0 Å². The summed E-state index contributed by atoms with van der Waals surface area (Å²) in [6, 6.07) is 0.841. The number of hydrogen-bond donors (Lipinski definition) is 0. The van der Waals surface area contributed by atoms with Crippen molar-refractivity contribution >= 4 is 5.78 Å². The molecule has 2 rings (SSSR count). The van der Waals surface area contributed by atoms with Crippen molar-refractivity contribution in [1.29, 1.82) is 0 Å². The Balaban J connectivity index is 2.25. The summed E-state index contributed by atoms with van der Waals surface area (Å²) in [5, 5.41) is 0. The number of Topliss-reactive ketones (excluding diaryl/α,β-unsaturated/α-hetero) is 1. The molecule has 21 heavy (non-hydrogen) atoms. The van der Waals surface area contributed by atoms with Gasteiger partial charge in [-0.2, -0.15) is 0 Å². The van der Waals surface area contributed by atoms with Crippen LogP contribution in [0.1, 0.15) is 74.2 Å². The Hall–Kier alpha value is -1.32. The number of carbonyl (C=O) groups is 1. The van der Waals surface area contributed by atoms with Crippen molar-refractivity contribution in [2.24, 2.45) is 5.92 Å². The molecule has 0 spiro atoms. The molecule has 1 saturated carbocycles. The quantitative estimate of drug-likeness (QED) is 0.538. The van der Waals surface area contributed by atoms with E-state index < -0.39 is 28.8 Å². The molecule has 0 atom stereocenters. The standard InChI is InChI=1S/C17H21F3O/c1-3-4-11-5-7-12(8-6-11)15-14(18)9-13(10(2)21)16(19)17(15)20/h9,11-12H,3-8H2,1-2H3. The van der Waals surface area contributed by atoms with Gasteiger partial charge in [0.1, 0.15) is 5.82 Å². The van der Waals surface area contributed by atoms with Crippen LogP contribution in [-0.2, 0) is 0 Å².